The van der Waals surface area contributed by atoms with Crippen LogP contribution in [0, 0.1) is 13.8 Å². The van der Waals surface area contributed by atoms with Gasteiger partial charge in [0.2, 0.25) is 0 Å². The molecule has 0 aromatic carbocycles. The van der Waals surface area contributed by atoms with Crippen LogP contribution in [0.1, 0.15) is 46.3 Å². The molecule has 0 radical (unpaired) electrons. The van der Waals surface area contributed by atoms with E-state index in [2.05, 4.69) is 15.1 Å². The molecule has 0 saturated carbocycles. The fourth-order valence-electron chi connectivity index (χ4n) is 2.87. The van der Waals surface area contributed by atoms with Gasteiger partial charge in [-0.15, -0.1) is 0 Å². The second-order valence-electron chi connectivity index (χ2n) is 5.42. The number of piperidine rings is 1. The maximum absolute atomic E-state index is 12.7. The van der Waals surface area contributed by atoms with E-state index in [4.69, 9.17) is 4.52 Å². The SMILES string of the molecule is Cc1noc(C)c1C(=O)N1CCCC(c2cnccn2)C1. The summed E-state index contributed by atoms with van der Waals surface area (Å²) in [6.07, 6.45) is 7.15. The largest absolute Gasteiger partial charge is 0.361 e. The van der Waals surface area contributed by atoms with Crippen LogP contribution in [0.2, 0.25) is 0 Å². The lowest BCUT2D eigenvalue weighted by Crippen LogP contribution is -2.39. The molecule has 1 atom stereocenters. The number of nitrogens with zero attached hydrogens (tertiary/aromatic N) is 4. The molecule has 0 spiro atoms. The number of amides is 1. The summed E-state index contributed by atoms with van der Waals surface area (Å²) in [4.78, 5) is 23.0. The lowest BCUT2D eigenvalue weighted by Gasteiger charge is -2.32. The Morgan fingerprint density at radius 3 is 2.90 bits per heavy atom. The molecule has 0 N–H and O–H groups in total. The van der Waals surface area contributed by atoms with Gasteiger partial charge in [0, 0.05) is 37.6 Å². The van der Waals surface area contributed by atoms with Gasteiger partial charge >= 0.3 is 0 Å². The van der Waals surface area contributed by atoms with Gasteiger partial charge in [-0.25, -0.2) is 0 Å². The van der Waals surface area contributed by atoms with Gasteiger partial charge in [-0.05, 0) is 26.7 Å². The highest BCUT2D eigenvalue weighted by Crippen LogP contribution is 2.27. The van der Waals surface area contributed by atoms with E-state index >= 15 is 0 Å². The predicted octanol–water partition coefficient (Wildman–Crippen LogP) is 2.10. The number of likely N-dealkylation sites (tertiary alicyclic amines) is 1. The molecule has 2 aromatic heterocycles. The van der Waals surface area contributed by atoms with Crippen LogP contribution < -0.4 is 0 Å². The molecule has 21 heavy (non-hydrogen) atoms. The van der Waals surface area contributed by atoms with E-state index in [1.165, 1.54) is 0 Å². The lowest BCUT2D eigenvalue weighted by molar-refractivity contribution is 0.0703. The minimum Gasteiger partial charge on any atom is -0.361 e. The average molecular weight is 286 g/mol. The normalized spacial score (nSPS) is 18.8. The van der Waals surface area contributed by atoms with E-state index in [-0.39, 0.29) is 11.8 Å². The molecule has 1 aliphatic rings. The van der Waals surface area contributed by atoms with Gasteiger partial charge in [0.05, 0.1) is 11.4 Å². The van der Waals surface area contributed by atoms with E-state index in [9.17, 15) is 4.79 Å². The van der Waals surface area contributed by atoms with Crippen LogP contribution in [-0.2, 0) is 0 Å². The van der Waals surface area contributed by atoms with Crippen LogP contribution in [0.5, 0.6) is 0 Å². The average Bonchev–Trinajstić information content (AvgIpc) is 2.86. The summed E-state index contributed by atoms with van der Waals surface area (Å²) in [5.74, 6) is 0.829. The number of rotatable bonds is 2. The van der Waals surface area contributed by atoms with E-state index in [1.54, 1.807) is 32.4 Å². The van der Waals surface area contributed by atoms with Gasteiger partial charge < -0.3 is 9.42 Å². The van der Waals surface area contributed by atoms with Gasteiger partial charge in [-0.2, -0.15) is 0 Å². The molecule has 6 nitrogen and oxygen atoms in total. The third-order valence-corrected chi connectivity index (χ3v) is 3.96. The summed E-state index contributed by atoms with van der Waals surface area (Å²) in [7, 11) is 0. The molecule has 1 saturated heterocycles. The Morgan fingerprint density at radius 1 is 1.38 bits per heavy atom. The molecule has 3 rings (SSSR count). The van der Waals surface area contributed by atoms with E-state index < -0.39 is 0 Å². The van der Waals surface area contributed by atoms with Crippen molar-refractivity contribution >= 4 is 5.91 Å². The summed E-state index contributed by atoms with van der Waals surface area (Å²) in [6, 6.07) is 0. The third kappa shape index (κ3) is 2.66. The van der Waals surface area contributed by atoms with Gasteiger partial charge in [-0.1, -0.05) is 5.16 Å². The number of aryl methyl sites for hydroxylation is 2. The Balaban J connectivity index is 1.79. The maximum atomic E-state index is 12.7. The molecule has 3 heterocycles. The molecule has 0 aliphatic carbocycles. The number of aromatic nitrogens is 3. The zero-order valence-corrected chi connectivity index (χ0v) is 12.2. The molecule has 1 amide bonds. The standard InChI is InChI=1S/C15H18N4O2/c1-10-14(11(2)21-18-10)15(20)19-7-3-4-12(9-19)13-8-16-5-6-17-13/h5-6,8,12H,3-4,7,9H2,1-2H3. The highest BCUT2D eigenvalue weighted by Gasteiger charge is 2.29. The number of hydrogen-bond acceptors (Lipinski definition) is 5. The molecular weight excluding hydrogens is 268 g/mol. The van der Waals surface area contributed by atoms with Gasteiger partial charge in [-0.3, -0.25) is 14.8 Å². The molecule has 1 aliphatic heterocycles. The molecule has 0 bridgehead atoms. The molecule has 6 heteroatoms. The smallest absolute Gasteiger partial charge is 0.259 e. The second-order valence-corrected chi connectivity index (χ2v) is 5.42. The Kier molecular flexibility index (Phi) is 3.68. The molecule has 1 fully saturated rings. The lowest BCUT2D eigenvalue weighted by atomic mass is 9.94. The van der Waals surface area contributed by atoms with Crippen molar-refractivity contribution in [3.05, 3.63) is 41.3 Å². The summed E-state index contributed by atoms with van der Waals surface area (Å²) in [5.41, 5.74) is 2.20. The van der Waals surface area contributed by atoms with Crippen molar-refractivity contribution in [1.82, 2.24) is 20.0 Å². The first-order valence-corrected chi connectivity index (χ1v) is 7.15. The molecule has 2 aromatic rings. The minimum atomic E-state index is -0.000148. The van der Waals surface area contributed by atoms with Crippen LogP contribution in [0.4, 0.5) is 0 Å². The Bertz CT molecular complexity index is 619. The summed E-state index contributed by atoms with van der Waals surface area (Å²) in [5, 5.41) is 3.86. The number of carbonyl (C=O) groups excluding carboxylic acids is 1. The number of hydrogen-bond donors (Lipinski definition) is 0. The summed E-state index contributed by atoms with van der Waals surface area (Å²) < 4.78 is 5.10. The van der Waals surface area contributed by atoms with Crippen molar-refractivity contribution < 1.29 is 9.32 Å². The Hall–Kier alpha value is -2.24. The fraction of sp³-hybridized carbons (Fsp3) is 0.467. The van der Waals surface area contributed by atoms with E-state index in [0.717, 1.165) is 25.1 Å². The van der Waals surface area contributed by atoms with Crippen LogP contribution in [0.15, 0.2) is 23.1 Å². The monoisotopic (exact) mass is 286 g/mol. The van der Waals surface area contributed by atoms with Crippen LogP contribution in [-0.4, -0.2) is 39.0 Å². The third-order valence-electron chi connectivity index (χ3n) is 3.96. The first-order valence-electron chi connectivity index (χ1n) is 7.15. The van der Waals surface area contributed by atoms with E-state index in [1.807, 2.05) is 4.90 Å². The zero-order valence-electron chi connectivity index (χ0n) is 12.2. The van der Waals surface area contributed by atoms with Crippen molar-refractivity contribution in [1.29, 1.82) is 0 Å². The molecular formula is C15H18N4O2. The van der Waals surface area contributed by atoms with Crippen molar-refractivity contribution in [2.75, 3.05) is 13.1 Å². The topological polar surface area (TPSA) is 72.1 Å². The second kappa shape index (κ2) is 5.63. The summed E-state index contributed by atoms with van der Waals surface area (Å²) in [6.45, 7) is 5.01. The quantitative estimate of drug-likeness (QED) is 0.845. The first kappa shape index (κ1) is 13.7. The Labute approximate surface area is 123 Å². The molecule has 1 unspecified atom stereocenters. The zero-order chi connectivity index (χ0) is 14.8. The van der Waals surface area contributed by atoms with Crippen LogP contribution in [0.25, 0.3) is 0 Å². The van der Waals surface area contributed by atoms with Crippen molar-refractivity contribution in [2.45, 2.75) is 32.6 Å². The highest BCUT2D eigenvalue weighted by atomic mass is 16.5. The van der Waals surface area contributed by atoms with Crippen molar-refractivity contribution in [2.24, 2.45) is 0 Å². The highest BCUT2D eigenvalue weighted by molar-refractivity contribution is 5.96. The fourth-order valence-corrected chi connectivity index (χ4v) is 2.87. The number of carbonyl (C=O) groups is 1. The summed E-state index contributed by atoms with van der Waals surface area (Å²) >= 11 is 0. The van der Waals surface area contributed by atoms with E-state index in [0.29, 0.717) is 23.6 Å². The first-order chi connectivity index (χ1) is 10.2. The van der Waals surface area contributed by atoms with Crippen molar-refractivity contribution in [3.63, 3.8) is 0 Å². The van der Waals surface area contributed by atoms with Crippen LogP contribution in [0.3, 0.4) is 0 Å². The minimum absolute atomic E-state index is 0.000148. The van der Waals surface area contributed by atoms with Gasteiger partial charge in [0.1, 0.15) is 11.3 Å². The predicted molar refractivity (Wildman–Crippen MR) is 75.9 cm³/mol. The van der Waals surface area contributed by atoms with Gasteiger partial charge in [0.25, 0.3) is 5.91 Å². The Morgan fingerprint density at radius 2 is 2.24 bits per heavy atom. The molecule has 110 valence electrons. The van der Waals surface area contributed by atoms with Crippen LogP contribution >= 0.6 is 0 Å². The van der Waals surface area contributed by atoms with Crippen molar-refractivity contribution in [3.8, 4) is 0 Å². The van der Waals surface area contributed by atoms with Gasteiger partial charge in [0.15, 0.2) is 0 Å². The maximum Gasteiger partial charge on any atom is 0.259 e.